The molecular weight excluding hydrogens is 322 g/mol. The molecule has 1 N–H and O–H groups in total. The predicted molar refractivity (Wildman–Crippen MR) is 86.6 cm³/mol. The molecule has 23 heavy (non-hydrogen) atoms. The van der Waals surface area contributed by atoms with E-state index < -0.39 is 11.6 Å². The van der Waals surface area contributed by atoms with Gasteiger partial charge in [-0.2, -0.15) is 4.37 Å². The number of aromatic nitrogens is 2. The average molecular weight is 340 g/mol. The van der Waals surface area contributed by atoms with Gasteiger partial charge in [0.1, 0.15) is 11.5 Å². The summed E-state index contributed by atoms with van der Waals surface area (Å²) in [6.45, 7) is 1.92. The lowest BCUT2D eigenvalue weighted by Crippen LogP contribution is -2.20. The molecule has 0 spiro atoms. The van der Waals surface area contributed by atoms with Crippen molar-refractivity contribution in [3.63, 3.8) is 0 Å². The van der Waals surface area contributed by atoms with Crippen LogP contribution in [-0.2, 0) is 11.2 Å². The van der Waals surface area contributed by atoms with Crippen molar-refractivity contribution in [3.05, 3.63) is 29.6 Å². The van der Waals surface area contributed by atoms with Crippen molar-refractivity contribution in [1.82, 2.24) is 9.36 Å². The predicted octanol–water partition coefficient (Wildman–Crippen LogP) is 3.35. The minimum atomic E-state index is -0.557. The van der Waals surface area contributed by atoms with Gasteiger partial charge in [0.05, 0.1) is 6.61 Å². The van der Waals surface area contributed by atoms with Gasteiger partial charge in [-0.05, 0) is 25.0 Å². The molecule has 0 radical (unpaired) electrons. The van der Waals surface area contributed by atoms with Crippen molar-refractivity contribution in [3.8, 4) is 0 Å². The first-order chi connectivity index (χ1) is 11.2. The zero-order valence-corrected chi connectivity index (χ0v) is 13.6. The maximum absolute atomic E-state index is 14.3. The topological polar surface area (TPSA) is 50.3 Å². The number of benzene rings is 1. The van der Waals surface area contributed by atoms with Gasteiger partial charge in [-0.1, -0.05) is 0 Å². The van der Waals surface area contributed by atoms with E-state index in [4.69, 9.17) is 4.74 Å². The number of halogens is 2. The van der Waals surface area contributed by atoms with Crippen molar-refractivity contribution in [2.45, 2.75) is 19.3 Å². The molecule has 5 nitrogen and oxygen atoms in total. The highest BCUT2D eigenvalue weighted by atomic mass is 32.1. The zero-order valence-electron chi connectivity index (χ0n) is 12.8. The Balaban J connectivity index is 1.74. The van der Waals surface area contributed by atoms with E-state index in [0.717, 1.165) is 24.4 Å². The van der Waals surface area contributed by atoms with Crippen LogP contribution in [0.4, 0.5) is 25.3 Å². The summed E-state index contributed by atoms with van der Waals surface area (Å²) in [5.74, 6) is -0.467. The van der Waals surface area contributed by atoms with Gasteiger partial charge in [-0.25, -0.2) is 13.8 Å². The minimum Gasteiger partial charge on any atom is -0.384 e. The van der Waals surface area contributed by atoms with Gasteiger partial charge in [-0.3, -0.25) is 0 Å². The van der Waals surface area contributed by atoms with Gasteiger partial charge >= 0.3 is 0 Å². The maximum atomic E-state index is 14.3. The fourth-order valence-corrected chi connectivity index (χ4v) is 3.24. The van der Waals surface area contributed by atoms with Gasteiger partial charge < -0.3 is 15.0 Å². The van der Waals surface area contributed by atoms with Crippen molar-refractivity contribution in [2.24, 2.45) is 0 Å². The molecule has 1 aliphatic rings. The second-order valence-electron chi connectivity index (χ2n) is 5.37. The van der Waals surface area contributed by atoms with Crippen LogP contribution >= 0.6 is 11.5 Å². The summed E-state index contributed by atoms with van der Waals surface area (Å²) in [7, 11) is 1.61. The van der Waals surface area contributed by atoms with Crippen LogP contribution in [0.2, 0.25) is 0 Å². The van der Waals surface area contributed by atoms with Gasteiger partial charge in [0, 0.05) is 43.8 Å². The zero-order chi connectivity index (χ0) is 16.2. The molecule has 2 heterocycles. The molecule has 0 unspecified atom stereocenters. The van der Waals surface area contributed by atoms with Crippen molar-refractivity contribution in [1.29, 1.82) is 0 Å². The third-order valence-corrected chi connectivity index (χ3v) is 4.36. The van der Waals surface area contributed by atoms with Crippen LogP contribution in [-0.4, -0.2) is 36.2 Å². The quantitative estimate of drug-likeness (QED) is 0.874. The molecule has 1 aromatic carbocycles. The highest BCUT2D eigenvalue weighted by Crippen LogP contribution is 2.31. The van der Waals surface area contributed by atoms with E-state index in [0.29, 0.717) is 42.8 Å². The number of ether oxygens (including phenoxy) is 1. The number of nitrogens with one attached hydrogen (secondary N) is 1. The van der Waals surface area contributed by atoms with Crippen LogP contribution in [0.25, 0.3) is 0 Å². The number of hydrogen-bond donors (Lipinski definition) is 1. The second-order valence-corrected chi connectivity index (χ2v) is 6.12. The lowest BCUT2D eigenvalue weighted by Gasteiger charge is -2.19. The van der Waals surface area contributed by atoms with Crippen LogP contribution in [0.3, 0.4) is 0 Å². The minimum absolute atomic E-state index is 0.0612. The highest BCUT2D eigenvalue weighted by molar-refractivity contribution is 7.09. The van der Waals surface area contributed by atoms with Crippen LogP contribution in [0.5, 0.6) is 0 Å². The largest absolute Gasteiger partial charge is 0.384 e. The smallest absolute Gasteiger partial charge is 0.207 e. The number of rotatable bonds is 6. The lowest BCUT2D eigenvalue weighted by atomic mass is 10.2. The van der Waals surface area contributed by atoms with Crippen molar-refractivity contribution >= 4 is 28.0 Å². The Morgan fingerprint density at radius 2 is 1.96 bits per heavy atom. The Morgan fingerprint density at radius 1 is 1.26 bits per heavy atom. The summed E-state index contributed by atoms with van der Waals surface area (Å²) in [5, 5.41) is 3.41. The normalized spacial score (nSPS) is 14.5. The van der Waals surface area contributed by atoms with E-state index in [1.54, 1.807) is 12.0 Å². The fourth-order valence-electron chi connectivity index (χ4n) is 2.60. The SMILES string of the molecule is COCCc1nsc(Nc2cc(F)c(N3CCCC3)c(F)c2)n1. The molecule has 3 rings (SSSR count). The Labute approximate surface area is 137 Å². The first kappa shape index (κ1) is 16.1. The van der Waals surface area contributed by atoms with Gasteiger partial charge in [0.25, 0.3) is 0 Å². The summed E-state index contributed by atoms with van der Waals surface area (Å²) in [6.07, 6.45) is 2.53. The van der Waals surface area contributed by atoms with Gasteiger partial charge in [-0.15, -0.1) is 0 Å². The van der Waals surface area contributed by atoms with Crippen molar-refractivity contribution < 1.29 is 13.5 Å². The van der Waals surface area contributed by atoms with E-state index in [1.165, 1.54) is 12.1 Å². The molecule has 0 aliphatic carbocycles. The fraction of sp³-hybridized carbons (Fsp3) is 0.467. The number of anilines is 3. The molecule has 2 aromatic rings. The number of methoxy groups -OCH3 is 1. The molecule has 0 atom stereocenters. The van der Waals surface area contributed by atoms with Crippen LogP contribution in [0, 0.1) is 11.6 Å². The Kier molecular flexibility index (Phi) is 5.02. The van der Waals surface area contributed by atoms with Gasteiger partial charge in [0.2, 0.25) is 5.13 Å². The van der Waals surface area contributed by atoms with Crippen LogP contribution < -0.4 is 10.2 Å². The van der Waals surface area contributed by atoms with Crippen molar-refractivity contribution in [2.75, 3.05) is 37.0 Å². The third-order valence-electron chi connectivity index (χ3n) is 3.69. The van der Waals surface area contributed by atoms with E-state index in [9.17, 15) is 8.78 Å². The first-order valence-electron chi connectivity index (χ1n) is 7.50. The molecule has 8 heteroatoms. The molecule has 0 amide bonds. The Morgan fingerprint density at radius 3 is 2.61 bits per heavy atom. The molecule has 124 valence electrons. The summed E-state index contributed by atoms with van der Waals surface area (Å²) in [6, 6.07) is 2.60. The van der Waals surface area contributed by atoms with E-state index in [2.05, 4.69) is 14.7 Å². The summed E-state index contributed by atoms with van der Waals surface area (Å²) < 4.78 is 37.7. The summed E-state index contributed by atoms with van der Waals surface area (Å²) in [4.78, 5) is 6.02. The Bertz CT molecular complexity index is 650. The van der Waals surface area contributed by atoms with E-state index in [-0.39, 0.29) is 5.69 Å². The van der Waals surface area contributed by atoms with Crippen LogP contribution in [0.15, 0.2) is 12.1 Å². The standard InChI is InChI=1S/C15H18F2N4OS/c1-22-7-4-13-19-15(23-20-13)18-10-8-11(16)14(12(17)9-10)21-5-2-3-6-21/h8-9H,2-7H2,1H3,(H,18,19,20). The molecule has 0 bridgehead atoms. The van der Waals surface area contributed by atoms with Gasteiger partial charge in [0.15, 0.2) is 11.6 Å². The lowest BCUT2D eigenvalue weighted by molar-refractivity contribution is 0.201. The molecule has 1 aliphatic heterocycles. The molecule has 0 saturated carbocycles. The molecule has 1 saturated heterocycles. The molecule has 1 fully saturated rings. The first-order valence-corrected chi connectivity index (χ1v) is 8.27. The monoisotopic (exact) mass is 340 g/mol. The molecule has 1 aromatic heterocycles. The highest BCUT2D eigenvalue weighted by Gasteiger charge is 2.21. The third kappa shape index (κ3) is 3.76. The van der Waals surface area contributed by atoms with E-state index >= 15 is 0 Å². The average Bonchev–Trinajstić information content (AvgIpc) is 3.16. The van der Waals surface area contributed by atoms with E-state index in [1.807, 2.05) is 0 Å². The summed E-state index contributed by atoms with van der Waals surface area (Å²) in [5.41, 5.74) is 0.392. The molecular formula is C15H18F2N4OS. The Hall–Kier alpha value is -1.80. The number of nitrogens with zero attached hydrogens (tertiary/aromatic N) is 3. The maximum Gasteiger partial charge on any atom is 0.207 e. The summed E-state index contributed by atoms with van der Waals surface area (Å²) >= 11 is 1.15. The second kappa shape index (κ2) is 7.18. The number of hydrogen-bond acceptors (Lipinski definition) is 6. The van der Waals surface area contributed by atoms with Crippen LogP contribution in [0.1, 0.15) is 18.7 Å².